The highest BCUT2D eigenvalue weighted by molar-refractivity contribution is 7.39. The van der Waals surface area contributed by atoms with E-state index in [9.17, 15) is 9.36 Å². The Bertz CT molecular complexity index is 167. The molecule has 1 fully saturated rings. The number of carbonyl (C=O) groups excluding carboxylic acids is 1. The second-order valence-corrected chi connectivity index (χ2v) is 3.11. The predicted octanol–water partition coefficient (Wildman–Crippen LogP) is 0.868. The molecule has 0 N–H and O–H groups in total. The zero-order valence-electron chi connectivity index (χ0n) is 5.27. The van der Waals surface area contributed by atoms with Crippen LogP contribution in [-0.4, -0.2) is 25.7 Å². The fraction of sp³-hybridized carbons (Fsp3) is 0.750. The molecule has 2 atom stereocenters. The molecule has 5 nitrogen and oxygen atoms in total. The Kier molecular flexibility index (Phi) is 2.19. The molecule has 0 saturated carbocycles. The van der Waals surface area contributed by atoms with E-state index in [2.05, 4.69) is 14.0 Å². The van der Waals surface area contributed by atoms with Crippen LogP contribution >= 0.6 is 8.03 Å². The van der Waals surface area contributed by atoms with Crippen LogP contribution in [0, 0.1) is 0 Å². The molecule has 1 aliphatic heterocycles. The van der Waals surface area contributed by atoms with Crippen molar-refractivity contribution >= 4 is 14.2 Å². The van der Waals surface area contributed by atoms with E-state index in [0.717, 1.165) is 0 Å². The van der Waals surface area contributed by atoms with Gasteiger partial charge < -0.3 is 9.47 Å². The SMILES string of the molecule is CO[P+](=O)C1COC(=O)O1. The van der Waals surface area contributed by atoms with Crippen LogP contribution in [0.25, 0.3) is 0 Å². The van der Waals surface area contributed by atoms with E-state index in [0.29, 0.717) is 0 Å². The summed E-state index contributed by atoms with van der Waals surface area (Å²) < 4.78 is 24.0. The molecule has 1 aliphatic rings. The quantitative estimate of drug-likeness (QED) is 0.448. The molecule has 56 valence electrons. The first-order chi connectivity index (χ1) is 4.74. The van der Waals surface area contributed by atoms with E-state index < -0.39 is 20.0 Å². The van der Waals surface area contributed by atoms with Gasteiger partial charge in [0, 0.05) is 0 Å². The Hall–Kier alpha value is -0.670. The Morgan fingerprint density at radius 1 is 1.80 bits per heavy atom. The van der Waals surface area contributed by atoms with Crippen molar-refractivity contribution in [1.29, 1.82) is 0 Å². The number of carbonyl (C=O) groups is 1. The van der Waals surface area contributed by atoms with Gasteiger partial charge in [-0.25, -0.2) is 4.79 Å². The molecule has 0 aliphatic carbocycles. The second-order valence-electron chi connectivity index (χ2n) is 1.60. The van der Waals surface area contributed by atoms with Crippen molar-refractivity contribution in [2.24, 2.45) is 0 Å². The standard InChI is InChI=1S/C4H6O5P/c1-7-10(6)3-2-8-4(5)9-3/h3H,2H2,1H3/q+1. The molecule has 2 unspecified atom stereocenters. The highest BCUT2D eigenvalue weighted by Gasteiger charge is 2.42. The van der Waals surface area contributed by atoms with Crippen LogP contribution in [0.4, 0.5) is 4.79 Å². The first-order valence-corrected chi connectivity index (χ1v) is 3.82. The van der Waals surface area contributed by atoms with E-state index >= 15 is 0 Å². The Balaban J connectivity index is 2.44. The van der Waals surface area contributed by atoms with Crippen molar-refractivity contribution in [3.8, 4) is 0 Å². The lowest BCUT2D eigenvalue weighted by molar-refractivity contribution is 0.127. The fourth-order valence-electron chi connectivity index (χ4n) is 0.540. The van der Waals surface area contributed by atoms with Crippen LogP contribution < -0.4 is 0 Å². The lowest BCUT2D eigenvalue weighted by Gasteiger charge is -1.87. The fourth-order valence-corrected chi connectivity index (χ4v) is 1.14. The van der Waals surface area contributed by atoms with Gasteiger partial charge in [0.15, 0.2) is 6.61 Å². The van der Waals surface area contributed by atoms with Crippen molar-refractivity contribution in [2.45, 2.75) is 5.85 Å². The minimum atomic E-state index is -1.92. The maximum absolute atomic E-state index is 10.7. The van der Waals surface area contributed by atoms with Crippen LogP contribution in [0.15, 0.2) is 0 Å². The Morgan fingerprint density at radius 3 is 2.90 bits per heavy atom. The maximum atomic E-state index is 10.7. The van der Waals surface area contributed by atoms with Gasteiger partial charge in [0.05, 0.1) is 7.11 Å². The lowest BCUT2D eigenvalue weighted by atomic mass is 10.8. The number of ether oxygens (including phenoxy) is 2. The van der Waals surface area contributed by atoms with Crippen LogP contribution in [0.3, 0.4) is 0 Å². The molecule has 1 rings (SSSR count). The highest BCUT2D eigenvalue weighted by Crippen LogP contribution is 2.32. The maximum Gasteiger partial charge on any atom is 0.557 e. The normalized spacial score (nSPS) is 25.5. The molecule has 1 saturated heterocycles. The highest BCUT2D eigenvalue weighted by atomic mass is 31.1. The number of hydrogen-bond acceptors (Lipinski definition) is 5. The van der Waals surface area contributed by atoms with Gasteiger partial charge in [-0.3, -0.25) is 0 Å². The van der Waals surface area contributed by atoms with Crippen molar-refractivity contribution in [2.75, 3.05) is 13.7 Å². The molecule has 0 spiro atoms. The number of rotatable bonds is 2. The topological polar surface area (TPSA) is 61.8 Å². The Labute approximate surface area is 58.1 Å². The van der Waals surface area contributed by atoms with E-state index in [1.54, 1.807) is 0 Å². The van der Waals surface area contributed by atoms with Crippen molar-refractivity contribution in [3.63, 3.8) is 0 Å². The summed E-state index contributed by atoms with van der Waals surface area (Å²) in [6.45, 7) is 0.0158. The molecule has 10 heavy (non-hydrogen) atoms. The van der Waals surface area contributed by atoms with Crippen molar-refractivity contribution in [1.82, 2.24) is 0 Å². The van der Waals surface area contributed by atoms with Gasteiger partial charge in [0.25, 0.3) is 0 Å². The van der Waals surface area contributed by atoms with Gasteiger partial charge in [0.2, 0.25) is 0 Å². The van der Waals surface area contributed by atoms with Crippen LogP contribution in [0.1, 0.15) is 0 Å². The predicted molar refractivity (Wildman–Crippen MR) is 30.8 cm³/mol. The van der Waals surface area contributed by atoms with Crippen molar-refractivity contribution < 1.29 is 23.4 Å². The van der Waals surface area contributed by atoms with E-state index in [-0.39, 0.29) is 6.61 Å². The molecule has 0 aromatic carbocycles. The van der Waals surface area contributed by atoms with E-state index in [1.807, 2.05) is 0 Å². The van der Waals surface area contributed by atoms with Gasteiger partial charge in [-0.05, 0) is 4.57 Å². The summed E-state index contributed by atoms with van der Waals surface area (Å²) in [5, 5.41) is 0. The zero-order chi connectivity index (χ0) is 7.56. The molecule has 6 heteroatoms. The molecule has 0 aromatic heterocycles. The second kappa shape index (κ2) is 2.94. The van der Waals surface area contributed by atoms with Gasteiger partial charge >= 0.3 is 20.0 Å². The monoisotopic (exact) mass is 165 g/mol. The number of cyclic esters (lactones) is 2. The largest absolute Gasteiger partial charge is 0.557 e. The van der Waals surface area contributed by atoms with E-state index in [4.69, 9.17) is 0 Å². The van der Waals surface area contributed by atoms with Gasteiger partial charge in [-0.2, -0.15) is 0 Å². The van der Waals surface area contributed by atoms with Gasteiger partial charge in [0.1, 0.15) is 0 Å². The number of hydrogen-bond donors (Lipinski definition) is 0. The lowest BCUT2D eigenvalue weighted by Crippen LogP contribution is -2.03. The van der Waals surface area contributed by atoms with Gasteiger partial charge in [-0.15, -0.1) is 4.52 Å². The summed E-state index contributed by atoms with van der Waals surface area (Å²) in [7, 11) is -0.642. The molecule has 1 heterocycles. The summed E-state index contributed by atoms with van der Waals surface area (Å²) in [5.74, 6) is -0.729. The summed E-state index contributed by atoms with van der Waals surface area (Å²) in [5.41, 5.74) is 0. The summed E-state index contributed by atoms with van der Waals surface area (Å²) >= 11 is 0. The van der Waals surface area contributed by atoms with E-state index in [1.165, 1.54) is 7.11 Å². The molecular weight excluding hydrogens is 159 g/mol. The smallest absolute Gasteiger partial charge is 0.425 e. The first kappa shape index (κ1) is 7.44. The molecule has 0 amide bonds. The average molecular weight is 165 g/mol. The summed E-state index contributed by atoms with van der Waals surface area (Å²) in [4.78, 5) is 10.2. The average Bonchev–Trinajstić information content (AvgIpc) is 2.34. The van der Waals surface area contributed by atoms with Crippen molar-refractivity contribution in [3.05, 3.63) is 0 Å². The summed E-state index contributed by atoms with van der Waals surface area (Å²) in [6, 6.07) is 0. The first-order valence-electron chi connectivity index (χ1n) is 2.58. The van der Waals surface area contributed by atoms with Crippen LogP contribution in [0.2, 0.25) is 0 Å². The molecule has 0 aromatic rings. The minimum Gasteiger partial charge on any atom is -0.425 e. The van der Waals surface area contributed by atoms with Crippen LogP contribution in [0.5, 0.6) is 0 Å². The zero-order valence-corrected chi connectivity index (χ0v) is 6.17. The third kappa shape index (κ3) is 1.43. The van der Waals surface area contributed by atoms with Gasteiger partial charge in [-0.1, -0.05) is 0 Å². The summed E-state index contributed by atoms with van der Waals surface area (Å²) in [6.07, 6.45) is -0.787. The molecule has 0 bridgehead atoms. The molecule has 0 radical (unpaired) electrons. The Morgan fingerprint density at radius 2 is 2.50 bits per heavy atom. The van der Waals surface area contributed by atoms with Crippen LogP contribution in [-0.2, 0) is 18.6 Å². The third-order valence-corrected chi connectivity index (χ3v) is 2.08. The molecular formula is C4H6O5P+. The third-order valence-electron chi connectivity index (χ3n) is 0.991. The minimum absolute atomic E-state index is 0.0158.